The summed E-state index contributed by atoms with van der Waals surface area (Å²) in [7, 11) is 0. The van der Waals surface area contributed by atoms with Crippen LogP contribution in [0.1, 0.15) is 0 Å². The van der Waals surface area contributed by atoms with Crippen molar-refractivity contribution in [3.05, 3.63) is 59.3 Å². The van der Waals surface area contributed by atoms with E-state index in [0.29, 0.717) is 16.5 Å². The van der Waals surface area contributed by atoms with Gasteiger partial charge in [-0.3, -0.25) is 0 Å². The Morgan fingerprint density at radius 2 is 1.63 bits per heavy atom. The van der Waals surface area contributed by atoms with Crippen molar-refractivity contribution in [1.82, 2.24) is 10.2 Å². The highest BCUT2D eigenvalue weighted by Crippen LogP contribution is 2.30. The fraction of sp³-hybridized carbons (Fsp3) is 0. The van der Waals surface area contributed by atoms with Crippen molar-refractivity contribution in [2.75, 3.05) is 0 Å². The van der Waals surface area contributed by atoms with Crippen LogP contribution >= 0.6 is 11.6 Å². The summed E-state index contributed by atoms with van der Waals surface area (Å²) in [6, 6.07) is 10.5. The van der Waals surface area contributed by atoms with Gasteiger partial charge in [0.25, 0.3) is 0 Å². The third-order valence-corrected chi connectivity index (χ3v) is 3.11. The Morgan fingerprint density at radius 3 is 2.37 bits per heavy atom. The number of benzene rings is 2. The predicted molar refractivity (Wildman–Crippen MR) is 69.9 cm³/mol. The molecule has 0 radical (unpaired) electrons. The number of hydrogen-bond donors (Lipinski definition) is 0. The van der Waals surface area contributed by atoms with Gasteiger partial charge in [0.05, 0.1) is 0 Å². The predicted octanol–water partition coefficient (Wildman–Crippen LogP) is 4.23. The molecule has 3 aromatic rings. The van der Waals surface area contributed by atoms with Crippen LogP contribution in [0.2, 0.25) is 5.15 Å². The molecule has 94 valence electrons. The molecule has 19 heavy (non-hydrogen) atoms. The van der Waals surface area contributed by atoms with Gasteiger partial charge in [-0.2, -0.15) is 0 Å². The first kappa shape index (κ1) is 12.0. The minimum absolute atomic E-state index is 0.196. The molecule has 0 saturated carbocycles. The fourth-order valence-electron chi connectivity index (χ4n) is 1.95. The molecule has 0 N–H and O–H groups in total. The van der Waals surface area contributed by atoms with Crippen molar-refractivity contribution in [3.8, 4) is 11.3 Å². The Hall–Kier alpha value is -2.07. The van der Waals surface area contributed by atoms with E-state index in [4.69, 9.17) is 11.6 Å². The Labute approximate surface area is 112 Å². The third-order valence-electron chi connectivity index (χ3n) is 2.83. The fourth-order valence-corrected chi connectivity index (χ4v) is 2.15. The third kappa shape index (κ3) is 2.04. The zero-order valence-corrected chi connectivity index (χ0v) is 10.3. The Balaban J connectivity index is 2.34. The van der Waals surface area contributed by atoms with Crippen LogP contribution in [-0.4, -0.2) is 10.2 Å². The van der Waals surface area contributed by atoms with Crippen molar-refractivity contribution in [1.29, 1.82) is 0 Å². The molecular weight excluding hydrogens is 270 g/mol. The maximum Gasteiger partial charge on any atom is 0.159 e. The van der Waals surface area contributed by atoms with E-state index in [-0.39, 0.29) is 10.7 Å². The number of hydrogen-bond acceptors (Lipinski definition) is 2. The maximum absolute atomic E-state index is 13.8. The molecule has 0 aliphatic carbocycles. The molecule has 0 bridgehead atoms. The molecule has 0 amide bonds. The Kier molecular flexibility index (Phi) is 2.87. The molecule has 5 heteroatoms. The summed E-state index contributed by atoms with van der Waals surface area (Å²) in [5, 5.41) is 9.33. The molecule has 1 heterocycles. The lowest BCUT2D eigenvalue weighted by molar-refractivity contribution is 0.585. The van der Waals surface area contributed by atoms with Crippen molar-refractivity contribution in [2.45, 2.75) is 0 Å². The van der Waals surface area contributed by atoms with E-state index in [1.807, 2.05) is 0 Å². The molecule has 1 aromatic heterocycles. The molecule has 2 aromatic carbocycles. The summed E-state index contributed by atoms with van der Waals surface area (Å²) in [5.41, 5.74) is 0.541. The standard InChI is InChI=1S/C14H7ClF2N2/c15-14-10-4-2-1-3-9(10)13(18-19-14)11-6-5-8(16)7-12(11)17/h1-7H. The zero-order valence-electron chi connectivity index (χ0n) is 9.57. The Bertz CT molecular complexity index is 774. The largest absolute Gasteiger partial charge is 0.207 e. The highest BCUT2D eigenvalue weighted by molar-refractivity contribution is 6.34. The average molecular weight is 277 g/mol. The number of nitrogens with zero attached hydrogens (tertiary/aromatic N) is 2. The number of halogens is 3. The van der Waals surface area contributed by atoms with Crippen LogP contribution in [0.5, 0.6) is 0 Å². The molecular formula is C14H7ClF2N2. The van der Waals surface area contributed by atoms with Gasteiger partial charge in [-0.25, -0.2) is 8.78 Å². The SMILES string of the molecule is Fc1ccc(-c2nnc(Cl)c3ccccc23)c(F)c1. The molecule has 0 atom stereocenters. The monoisotopic (exact) mass is 276 g/mol. The molecule has 3 rings (SSSR count). The molecule has 0 unspecified atom stereocenters. The maximum atomic E-state index is 13.8. The number of aromatic nitrogens is 2. The molecule has 0 aliphatic heterocycles. The van der Waals surface area contributed by atoms with E-state index in [0.717, 1.165) is 6.07 Å². The smallest absolute Gasteiger partial charge is 0.159 e. The van der Waals surface area contributed by atoms with Crippen LogP contribution in [0.25, 0.3) is 22.0 Å². The van der Waals surface area contributed by atoms with Crippen LogP contribution in [0.3, 0.4) is 0 Å². The van der Waals surface area contributed by atoms with E-state index in [9.17, 15) is 8.78 Å². The van der Waals surface area contributed by atoms with Crippen LogP contribution in [-0.2, 0) is 0 Å². The topological polar surface area (TPSA) is 25.8 Å². The second-order valence-corrected chi connectivity index (χ2v) is 4.37. The molecule has 0 fully saturated rings. The summed E-state index contributed by atoms with van der Waals surface area (Å²) in [6.07, 6.45) is 0. The minimum atomic E-state index is -0.679. The highest BCUT2D eigenvalue weighted by atomic mass is 35.5. The van der Waals surface area contributed by atoms with Gasteiger partial charge in [0, 0.05) is 22.4 Å². The highest BCUT2D eigenvalue weighted by Gasteiger charge is 2.13. The summed E-state index contributed by atoms with van der Waals surface area (Å²) in [6.45, 7) is 0. The van der Waals surface area contributed by atoms with Crippen LogP contribution in [0.4, 0.5) is 8.78 Å². The van der Waals surface area contributed by atoms with Crippen molar-refractivity contribution in [3.63, 3.8) is 0 Å². The van der Waals surface area contributed by atoms with Gasteiger partial charge in [0.2, 0.25) is 0 Å². The normalized spacial score (nSPS) is 10.9. The average Bonchev–Trinajstić information content (AvgIpc) is 2.41. The van der Waals surface area contributed by atoms with Crippen molar-refractivity contribution in [2.24, 2.45) is 0 Å². The number of rotatable bonds is 1. The van der Waals surface area contributed by atoms with E-state index >= 15 is 0 Å². The van der Waals surface area contributed by atoms with E-state index in [1.54, 1.807) is 24.3 Å². The summed E-state index contributed by atoms with van der Waals surface area (Å²) >= 11 is 5.95. The zero-order chi connectivity index (χ0) is 13.4. The van der Waals surface area contributed by atoms with Gasteiger partial charge in [-0.1, -0.05) is 35.9 Å². The second kappa shape index (κ2) is 4.55. The molecule has 0 spiro atoms. The van der Waals surface area contributed by atoms with Gasteiger partial charge in [-0.15, -0.1) is 10.2 Å². The lowest BCUT2D eigenvalue weighted by Gasteiger charge is -2.07. The molecule has 2 nitrogen and oxygen atoms in total. The lowest BCUT2D eigenvalue weighted by atomic mass is 10.0. The van der Waals surface area contributed by atoms with Gasteiger partial charge in [0.15, 0.2) is 5.15 Å². The lowest BCUT2D eigenvalue weighted by Crippen LogP contribution is -1.94. The number of fused-ring (bicyclic) bond motifs is 1. The summed E-state index contributed by atoms with van der Waals surface area (Å²) < 4.78 is 26.8. The first-order valence-corrected chi connectivity index (χ1v) is 5.91. The second-order valence-electron chi connectivity index (χ2n) is 4.01. The van der Waals surface area contributed by atoms with Crippen LogP contribution < -0.4 is 0 Å². The molecule has 0 saturated heterocycles. The summed E-state index contributed by atoms with van der Waals surface area (Å²) in [5.74, 6) is -1.31. The van der Waals surface area contributed by atoms with Gasteiger partial charge in [0.1, 0.15) is 17.3 Å². The van der Waals surface area contributed by atoms with Gasteiger partial charge in [-0.05, 0) is 12.1 Å². The van der Waals surface area contributed by atoms with Crippen LogP contribution in [0.15, 0.2) is 42.5 Å². The first-order valence-electron chi connectivity index (χ1n) is 5.53. The minimum Gasteiger partial charge on any atom is -0.207 e. The van der Waals surface area contributed by atoms with Gasteiger partial charge < -0.3 is 0 Å². The summed E-state index contributed by atoms with van der Waals surface area (Å²) in [4.78, 5) is 0. The van der Waals surface area contributed by atoms with Crippen molar-refractivity contribution >= 4 is 22.4 Å². The van der Waals surface area contributed by atoms with E-state index in [2.05, 4.69) is 10.2 Å². The van der Waals surface area contributed by atoms with Gasteiger partial charge >= 0.3 is 0 Å². The van der Waals surface area contributed by atoms with Crippen molar-refractivity contribution < 1.29 is 8.78 Å². The van der Waals surface area contributed by atoms with E-state index in [1.165, 1.54) is 12.1 Å². The van der Waals surface area contributed by atoms with E-state index < -0.39 is 11.6 Å². The Morgan fingerprint density at radius 1 is 0.895 bits per heavy atom. The molecule has 0 aliphatic rings. The first-order chi connectivity index (χ1) is 9.16. The van der Waals surface area contributed by atoms with Crippen LogP contribution in [0, 0.1) is 11.6 Å². The quantitative estimate of drug-likeness (QED) is 0.665.